The van der Waals surface area contributed by atoms with Gasteiger partial charge in [0.05, 0.1) is 20.3 Å². The van der Waals surface area contributed by atoms with Crippen LogP contribution in [0, 0.1) is 6.92 Å². The van der Waals surface area contributed by atoms with Gasteiger partial charge in [-0.3, -0.25) is 0 Å². The minimum atomic E-state index is -0.194. The van der Waals surface area contributed by atoms with Gasteiger partial charge in [0.15, 0.2) is 0 Å². The minimum Gasteiger partial charge on any atom is -0.496 e. The number of aliphatic hydroxyl groups excluding tert-OH is 1. The molecule has 15 heavy (non-hydrogen) atoms. The summed E-state index contributed by atoms with van der Waals surface area (Å²) in [6.45, 7) is 6.39. The molecule has 83 valence electrons. The van der Waals surface area contributed by atoms with Gasteiger partial charge in [-0.25, -0.2) is 0 Å². The van der Waals surface area contributed by atoms with E-state index in [9.17, 15) is 0 Å². The van der Waals surface area contributed by atoms with Crippen molar-refractivity contribution >= 4 is 0 Å². The first-order chi connectivity index (χ1) is 7.22. The van der Waals surface area contributed by atoms with Gasteiger partial charge in [-0.1, -0.05) is 0 Å². The Morgan fingerprint density at radius 2 is 2.20 bits per heavy atom. The SMILES string of the molecule is [CH2]C(CO)c1cc(OCC)ccc1OC. The molecule has 3 nitrogen and oxygen atoms in total. The molecular formula is C12H17O3. The Hall–Kier alpha value is -1.22. The number of hydrogen-bond acceptors (Lipinski definition) is 3. The first-order valence-electron chi connectivity index (χ1n) is 4.97. The molecule has 0 saturated carbocycles. The van der Waals surface area contributed by atoms with Crippen LogP contribution in [0.15, 0.2) is 18.2 Å². The number of aliphatic hydroxyl groups is 1. The Kier molecular flexibility index (Phi) is 4.43. The molecule has 1 N–H and O–H groups in total. The fourth-order valence-electron chi connectivity index (χ4n) is 1.39. The van der Waals surface area contributed by atoms with Gasteiger partial charge in [0.2, 0.25) is 0 Å². The van der Waals surface area contributed by atoms with Crippen LogP contribution in [0.2, 0.25) is 0 Å². The van der Waals surface area contributed by atoms with E-state index in [4.69, 9.17) is 14.6 Å². The lowest BCUT2D eigenvalue weighted by Crippen LogP contribution is -2.03. The summed E-state index contributed by atoms with van der Waals surface area (Å²) in [5.41, 5.74) is 0.867. The van der Waals surface area contributed by atoms with Gasteiger partial charge in [-0.05, 0) is 32.0 Å². The number of ether oxygens (including phenoxy) is 2. The Morgan fingerprint density at radius 1 is 1.47 bits per heavy atom. The molecule has 0 aliphatic rings. The molecule has 0 amide bonds. The Bertz CT molecular complexity index is 310. The van der Waals surface area contributed by atoms with Crippen molar-refractivity contribution in [3.8, 4) is 11.5 Å². The van der Waals surface area contributed by atoms with E-state index in [0.29, 0.717) is 6.61 Å². The molecule has 0 spiro atoms. The lowest BCUT2D eigenvalue weighted by Gasteiger charge is -2.14. The van der Waals surface area contributed by atoms with E-state index >= 15 is 0 Å². The molecule has 1 atom stereocenters. The lowest BCUT2D eigenvalue weighted by atomic mass is 10.0. The van der Waals surface area contributed by atoms with Crippen molar-refractivity contribution < 1.29 is 14.6 Å². The standard InChI is InChI=1S/C12H17O3/c1-4-15-10-5-6-12(14-3)11(7-10)9(2)8-13/h5-7,9,13H,2,4,8H2,1,3H3. The van der Waals surface area contributed by atoms with Crippen LogP contribution in [0.3, 0.4) is 0 Å². The van der Waals surface area contributed by atoms with E-state index in [0.717, 1.165) is 17.1 Å². The molecule has 0 aliphatic heterocycles. The van der Waals surface area contributed by atoms with Crippen molar-refractivity contribution in [1.29, 1.82) is 0 Å². The van der Waals surface area contributed by atoms with Gasteiger partial charge in [-0.15, -0.1) is 0 Å². The predicted octanol–water partition coefficient (Wildman–Crippen LogP) is 2.00. The first-order valence-corrected chi connectivity index (χ1v) is 4.97. The lowest BCUT2D eigenvalue weighted by molar-refractivity contribution is 0.278. The van der Waals surface area contributed by atoms with E-state index < -0.39 is 0 Å². The molecule has 1 aromatic carbocycles. The Balaban J connectivity index is 3.01. The molecule has 1 radical (unpaired) electrons. The van der Waals surface area contributed by atoms with Crippen LogP contribution < -0.4 is 9.47 Å². The van der Waals surface area contributed by atoms with Crippen molar-refractivity contribution in [3.63, 3.8) is 0 Å². The second-order valence-corrected chi connectivity index (χ2v) is 3.22. The highest BCUT2D eigenvalue weighted by atomic mass is 16.5. The highest BCUT2D eigenvalue weighted by Gasteiger charge is 2.11. The van der Waals surface area contributed by atoms with E-state index in [2.05, 4.69) is 6.92 Å². The van der Waals surface area contributed by atoms with E-state index in [1.165, 1.54) is 0 Å². The summed E-state index contributed by atoms with van der Waals surface area (Å²) in [5, 5.41) is 9.07. The molecule has 1 unspecified atom stereocenters. The van der Waals surface area contributed by atoms with Crippen LogP contribution >= 0.6 is 0 Å². The maximum atomic E-state index is 9.07. The molecule has 0 saturated heterocycles. The topological polar surface area (TPSA) is 38.7 Å². The monoisotopic (exact) mass is 209 g/mol. The van der Waals surface area contributed by atoms with Crippen molar-refractivity contribution in [2.24, 2.45) is 0 Å². The molecule has 1 aromatic rings. The minimum absolute atomic E-state index is 0.00800. The summed E-state index contributed by atoms with van der Waals surface area (Å²) >= 11 is 0. The van der Waals surface area contributed by atoms with Crippen LogP contribution in [0.5, 0.6) is 11.5 Å². The van der Waals surface area contributed by atoms with Gasteiger partial charge in [0, 0.05) is 11.5 Å². The molecule has 3 heteroatoms. The third-order valence-electron chi connectivity index (χ3n) is 2.17. The maximum absolute atomic E-state index is 9.07. The molecule has 0 fully saturated rings. The fraction of sp³-hybridized carbons (Fsp3) is 0.417. The van der Waals surface area contributed by atoms with Crippen molar-refractivity contribution in [2.75, 3.05) is 20.3 Å². The highest BCUT2D eigenvalue weighted by Crippen LogP contribution is 2.29. The summed E-state index contributed by atoms with van der Waals surface area (Å²) in [7, 11) is 1.60. The highest BCUT2D eigenvalue weighted by molar-refractivity contribution is 5.43. The van der Waals surface area contributed by atoms with Crippen molar-refractivity contribution in [3.05, 3.63) is 30.7 Å². The number of rotatable bonds is 5. The van der Waals surface area contributed by atoms with E-state index in [1.807, 2.05) is 25.1 Å². The fourth-order valence-corrected chi connectivity index (χ4v) is 1.39. The van der Waals surface area contributed by atoms with Crippen molar-refractivity contribution in [1.82, 2.24) is 0 Å². The summed E-state index contributed by atoms with van der Waals surface area (Å²) in [4.78, 5) is 0. The summed E-state index contributed by atoms with van der Waals surface area (Å²) in [5.74, 6) is 1.31. The summed E-state index contributed by atoms with van der Waals surface area (Å²) < 4.78 is 10.6. The van der Waals surface area contributed by atoms with Gasteiger partial charge in [-0.2, -0.15) is 0 Å². The molecule has 1 rings (SSSR count). The zero-order valence-electron chi connectivity index (χ0n) is 9.19. The predicted molar refractivity (Wildman–Crippen MR) is 59.3 cm³/mol. The first kappa shape index (κ1) is 11.9. The number of benzene rings is 1. The van der Waals surface area contributed by atoms with Gasteiger partial charge < -0.3 is 14.6 Å². The zero-order valence-corrected chi connectivity index (χ0v) is 9.19. The van der Waals surface area contributed by atoms with Crippen LogP contribution in [-0.4, -0.2) is 25.4 Å². The zero-order chi connectivity index (χ0) is 11.3. The molecular weight excluding hydrogens is 192 g/mol. The Morgan fingerprint density at radius 3 is 2.73 bits per heavy atom. The number of hydrogen-bond donors (Lipinski definition) is 1. The van der Waals surface area contributed by atoms with Crippen molar-refractivity contribution in [2.45, 2.75) is 12.8 Å². The molecule has 0 heterocycles. The third-order valence-corrected chi connectivity index (χ3v) is 2.17. The molecule has 0 aliphatic carbocycles. The quantitative estimate of drug-likeness (QED) is 0.806. The van der Waals surface area contributed by atoms with E-state index in [1.54, 1.807) is 7.11 Å². The van der Waals surface area contributed by atoms with Gasteiger partial charge in [0.1, 0.15) is 11.5 Å². The summed E-state index contributed by atoms with van der Waals surface area (Å²) in [6, 6.07) is 5.53. The van der Waals surface area contributed by atoms with Crippen LogP contribution in [0.25, 0.3) is 0 Å². The average molecular weight is 209 g/mol. The average Bonchev–Trinajstić information content (AvgIpc) is 2.28. The van der Waals surface area contributed by atoms with E-state index in [-0.39, 0.29) is 12.5 Å². The smallest absolute Gasteiger partial charge is 0.122 e. The van der Waals surface area contributed by atoms with Crippen LogP contribution in [-0.2, 0) is 0 Å². The van der Waals surface area contributed by atoms with Crippen LogP contribution in [0.1, 0.15) is 18.4 Å². The largest absolute Gasteiger partial charge is 0.496 e. The molecule has 0 bridgehead atoms. The number of methoxy groups -OCH3 is 1. The van der Waals surface area contributed by atoms with Gasteiger partial charge >= 0.3 is 0 Å². The second kappa shape index (κ2) is 5.61. The summed E-state index contributed by atoms with van der Waals surface area (Å²) in [6.07, 6.45) is 0. The molecule has 0 aromatic heterocycles. The normalized spacial score (nSPS) is 12.3. The van der Waals surface area contributed by atoms with Gasteiger partial charge in [0.25, 0.3) is 0 Å². The maximum Gasteiger partial charge on any atom is 0.122 e. The van der Waals surface area contributed by atoms with Crippen LogP contribution in [0.4, 0.5) is 0 Å². The Labute approximate surface area is 90.6 Å². The second-order valence-electron chi connectivity index (χ2n) is 3.22. The third kappa shape index (κ3) is 2.86.